The summed E-state index contributed by atoms with van der Waals surface area (Å²) < 4.78 is 7.73. The Morgan fingerprint density at radius 1 is 1.40 bits per heavy atom. The molecule has 3 heterocycles. The molecule has 0 unspecified atom stereocenters. The van der Waals surface area contributed by atoms with Crippen molar-refractivity contribution < 1.29 is 4.74 Å². The molecule has 5 nitrogen and oxygen atoms in total. The lowest BCUT2D eigenvalue weighted by atomic mass is 10.2. The Balaban J connectivity index is 2.10. The molecule has 1 fully saturated rings. The zero-order valence-electron chi connectivity index (χ0n) is 12.2. The van der Waals surface area contributed by atoms with E-state index in [2.05, 4.69) is 23.9 Å². The van der Waals surface area contributed by atoms with Crippen molar-refractivity contribution in [2.24, 2.45) is 0 Å². The van der Waals surface area contributed by atoms with Gasteiger partial charge in [-0.2, -0.15) is 5.10 Å². The molecule has 0 amide bonds. The highest BCUT2D eigenvalue weighted by molar-refractivity contribution is 5.38. The molecular weight excluding hydrogens is 252 g/mol. The minimum absolute atomic E-state index is 0.0579. The average Bonchev–Trinajstić information content (AvgIpc) is 3.08. The molecule has 0 N–H and O–H groups in total. The number of pyridine rings is 1. The first-order chi connectivity index (χ1) is 9.66. The molecule has 0 aromatic carbocycles. The van der Waals surface area contributed by atoms with Crippen LogP contribution in [0.4, 0.5) is 0 Å². The summed E-state index contributed by atoms with van der Waals surface area (Å²) in [6, 6.07) is 1.98. The zero-order valence-corrected chi connectivity index (χ0v) is 12.2. The summed E-state index contributed by atoms with van der Waals surface area (Å²) in [5, 5.41) is 4.68. The standard InChI is InChI=1S/C15H20N4O/c1-10(2)14-17-15(13-5-4-8-20-13)19(18-14)12-6-7-16-9-11(12)3/h6-7,9-10,13H,4-5,8H2,1-3H3/t13-/m1/s1. The van der Waals surface area contributed by atoms with Gasteiger partial charge in [0.25, 0.3) is 0 Å². The molecule has 1 aliphatic rings. The van der Waals surface area contributed by atoms with Gasteiger partial charge in [-0.3, -0.25) is 4.98 Å². The van der Waals surface area contributed by atoms with Crippen molar-refractivity contribution in [3.63, 3.8) is 0 Å². The van der Waals surface area contributed by atoms with Crippen LogP contribution in [0.15, 0.2) is 18.5 Å². The smallest absolute Gasteiger partial charge is 0.161 e. The molecule has 0 saturated carbocycles. The van der Waals surface area contributed by atoms with Gasteiger partial charge in [-0.15, -0.1) is 0 Å². The summed E-state index contributed by atoms with van der Waals surface area (Å²) >= 11 is 0. The summed E-state index contributed by atoms with van der Waals surface area (Å²) in [5.74, 6) is 2.09. The van der Waals surface area contributed by atoms with Gasteiger partial charge in [0.15, 0.2) is 11.6 Å². The molecule has 1 saturated heterocycles. The van der Waals surface area contributed by atoms with Crippen LogP contribution in [0.25, 0.3) is 5.69 Å². The van der Waals surface area contributed by atoms with E-state index in [-0.39, 0.29) is 6.10 Å². The van der Waals surface area contributed by atoms with E-state index in [4.69, 9.17) is 9.72 Å². The van der Waals surface area contributed by atoms with E-state index in [1.54, 1.807) is 6.20 Å². The van der Waals surface area contributed by atoms with Gasteiger partial charge in [0.1, 0.15) is 6.10 Å². The molecule has 20 heavy (non-hydrogen) atoms. The normalized spacial score (nSPS) is 18.9. The molecule has 2 aromatic rings. The zero-order chi connectivity index (χ0) is 14.1. The minimum atomic E-state index is 0.0579. The maximum atomic E-state index is 5.80. The van der Waals surface area contributed by atoms with Crippen molar-refractivity contribution in [2.75, 3.05) is 6.61 Å². The number of aryl methyl sites for hydroxylation is 1. The molecular formula is C15H20N4O. The van der Waals surface area contributed by atoms with Gasteiger partial charge in [-0.05, 0) is 31.4 Å². The van der Waals surface area contributed by atoms with Gasteiger partial charge < -0.3 is 4.74 Å². The molecule has 0 radical (unpaired) electrons. The Morgan fingerprint density at radius 3 is 2.90 bits per heavy atom. The van der Waals surface area contributed by atoms with E-state index in [0.29, 0.717) is 5.92 Å². The second-order valence-corrected chi connectivity index (χ2v) is 5.56. The van der Waals surface area contributed by atoms with E-state index in [1.807, 2.05) is 23.9 Å². The van der Waals surface area contributed by atoms with Gasteiger partial charge >= 0.3 is 0 Å². The molecule has 0 bridgehead atoms. The van der Waals surface area contributed by atoms with Crippen molar-refractivity contribution in [1.29, 1.82) is 0 Å². The molecule has 0 aliphatic carbocycles. The predicted molar refractivity (Wildman–Crippen MR) is 75.9 cm³/mol. The van der Waals surface area contributed by atoms with Crippen molar-refractivity contribution in [2.45, 2.75) is 45.6 Å². The van der Waals surface area contributed by atoms with Gasteiger partial charge in [-0.1, -0.05) is 13.8 Å². The van der Waals surface area contributed by atoms with E-state index < -0.39 is 0 Å². The van der Waals surface area contributed by atoms with Crippen LogP contribution < -0.4 is 0 Å². The first kappa shape index (κ1) is 13.2. The monoisotopic (exact) mass is 272 g/mol. The van der Waals surface area contributed by atoms with Crippen molar-refractivity contribution in [3.8, 4) is 5.69 Å². The molecule has 1 aliphatic heterocycles. The Kier molecular flexibility index (Phi) is 3.53. The highest BCUT2D eigenvalue weighted by atomic mass is 16.5. The van der Waals surface area contributed by atoms with Gasteiger partial charge in [0, 0.05) is 24.9 Å². The topological polar surface area (TPSA) is 52.8 Å². The van der Waals surface area contributed by atoms with Crippen molar-refractivity contribution >= 4 is 0 Å². The number of hydrogen-bond acceptors (Lipinski definition) is 4. The number of nitrogens with zero attached hydrogens (tertiary/aromatic N) is 4. The summed E-state index contributed by atoms with van der Waals surface area (Å²) in [4.78, 5) is 8.86. The van der Waals surface area contributed by atoms with Crippen LogP contribution in [0.1, 0.15) is 55.9 Å². The van der Waals surface area contributed by atoms with Crippen LogP contribution in [0, 0.1) is 6.92 Å². The minimum Gasteiger partial charge on any atom is -0.370 e. The van der Waals surface area contributed by atoms with Crippen molar-refractivity contribution in [1.82, 2.24) is 19.7 Å². The first-order valence-corrected chi connectivity index (χ1v) is 7.16. The second-order valence-electron chi connectivity index (χ2n) is 5.56. The fourth-order valence-electron chi connectivity index (χ4n) is 2.46. The largest absolute Gasteiger partial charge is 0.370 e. The summed E-state index contributed by atoms with van der Waals surface area (Å²) in [5.41, 5.74) is 2.12. The first-order valence-electron chi connectivity index (χ1n) is 7.16. The summed E-state index contributed by atoms with van der Waals surface area (Å²) in [6.45, 7) is 7.07. The van der Waals surface area contributed by atoms with E-state index >= 15 is 0 Å². The fraction of sp³-hybridized carbons (Fsp3) is 0.533. The SMILES string of the molecule is Cc1cnccc1-n1nc(C(C)C)nc1[C@H]1CCCO1. The van der Waals surface area contributed by atoms with E-state index in [1.165, 1.54) is 0 Å². The maximum Gasteiger partial charge on any atom is 0.161 e. The molecule has 5 heteroatoms. The number of hydrogen-bond donors (Lipinski definition) is 0. The summed E-state index contributed by atoms with van der Waals surface area (Å²) in [6.07, 6.45) is 5.80. The van der Waals surface area contributed by atoms with Gasteiger partial charge in [0.2, 0.25) is 0 Å². The van der Waals surface area contributed by atoms with Gasteiger partial charge in [0.05, 0.1) is 5.69 Å². The Hall–Kier alpha value is -1.75. The molecule has 1 atom stereocenters. The lowest BCUT2D eigenvalue weighted by Crippen LogP contribution is -2.09. The van der Waals surface area contributed by atoms with Crippen LogP contribution >= 0.6 is 0 Å². The van der Waals surface area contributed by atoms with Crippen molar-refractivity contribution in [3.05, 3.63) is 35.7 Å². The second kappa shape index (κ2) is 5.32. The van der Waals surface area contributed by atoms with E-state index in [0.717, 1.165) is 42.3 Å². The molecule has 2 aromatic heterocycles. The fourth-order valence-corrected chi connectivity index (χ4v) is 2.46. The van der Waals surface area contributed by atoms with Crippen LogP contribution in [0.2, 0.25) is 0 Å². The quantitative estimate of drug-likeness (QED) is 0.862. The third-order valence-electron chi connectivity index (χ3n) is 3.60. The highest BCUT2D eigenvalue weighted by Gasteiger charge is 2.26. The van der Waals surface area contributed by atoms with Crippen LogP contribution in [-0.2, 0) is 4.74 Å². The lowest BCUT2D eigenvalue weighted by Gasteiger charge is -2.12. The Labute approximate surface area is 119 Å². The molecule has 0 spiro atoms. The number of aromatic nitrogens is 4. The Bertz CT molecular complexity index is 600. The predicted octanol–water partition coefficient (Wildman–Crippen LogP) is 2.95. The molecule has 106 valence electrons. The highest BCUT2D eigenvalue weighted by Crippen LogP contribution is 2.30. The lowest BCUT2D eigenvalue weighted by molar-refractivity contribution is 0.103. The molecule has 3 rings (SSSR count). The third-order valence-corrected chi connectivity index (χ3v) is 3.60. The van der Waals surface area contributed by atoms with E-state index in [9.17, 15) is 0 Å². The van der Waals surface area contributed by atoms with Crippen LogP contribution in [0.3, 0.4) is 0 Å². The van der Waals surface area contributed by atoms with Crippen LogP contribution in [-0.4, -0.2) is 26.4 Å². The maximum absolute atomic E-state index is 5.80. The average molecular weight is 272 g/mol. The summed E-state index contributed by atoms with van der Waals surface area (Å²) in [7, 11) is 0. The van der Waals surface area contributed by atoms with Crippen LogP contribution in [0.5, 0.6) is 0 Å². The Morgan fingerprint density at radius 2 is 2.25 bits per heavy atom. The number of rotatable bonds is 3. The van der Waals surface area contributed by atoms with Gasteiger partial charge in [-0.25, -0.2) is 9.67 Å². The third kappa shape index (κ3) is 2.33. The number of ether oxygens (including phenoxy) is 1.